The fourth-order valence-corrected chi connectivity index (χ4v) is 1.20. The van der Waals surface area contributed by atoms with Gasteiger partial charge in [-0.25, -0.2) is 0 Å². The first-order valence-electron chi connectivity index (χ1n) is 5.76. The Morgan fingerprint density at radius 3 is 2.24 bits per heavy atom. The molecule has 0 aliphatic rings. The van der Waals surface area contributed by atoms with Crippen LogP contribution in [-0.4, -0.2) is 25.4 Å². The quantitative estimate of drug-likeness (QED) is 0.564. The summed E-state index contributed by atoms with van der Waals surface area (Å²) in [6.45, 7) is 6.56. The number of hydrogen-bond donors (Lipinski definition) is 2. The summed E-state index contributed by atoms with van der Waals surface area (Å²) < 4.78 is 0. The second-order valence-corrected chi connectivity index (χ2v) is 4.16. The van der Waals surface area contributed by atoms with E-state index in [4.69, 9.17) is 0 Å². The van der Waals surface area contributed by atoms with E-state index in [0.29, 0.717) is 6.54 Å². The topological polar surface area (TPSA) is 58.2 Å². The third-order valence-electron chi connectivity index (χ3n) is 2.24. The Labute approximate surface area is 103 Å². The lowest BCUT2D eigenvalue weighted by Crippen LogP contribution is -2.38. The lowest BCUT2D eigenvalue weighted by atomic mass is 10.1. The van der Waals surface area contributed by atoms with Crippen LogP contribution in [0.1, 0.15) is 33.6 Å². The molecule has 0 spiro atoms. The Hall–Kier alpha value is -1.58. The van der Waals surface area contributed by atoms with Crippen LogP contribution in [0, 0.1) is 0 Å². The van der Waals surface area contributed by atoms with E-state index in [-0.39, 0.29) is 0 Å². The monoisotopic (exact) mass is 238 g/mol. The molecule has 0 aromatic carbocycles. The van der Waals surface area contributed by atoms with Crippen molar-refractivity contribution in [2.45, 2.75) is 33.6 Å². The van der Waals surface area contributed by atoms with Gasteiger partial charge in [-0.2, -0.15) is 0 Å². The summed E-state index contributed by atoms with van der Waals surface area (Å²) in [4.78, 5) is 22.0. The summed E-state index contributed by atoms with van der Waals surface area (Å²) in [5, 5.41) is 4.79. The number of carbonyl (C=O) groups excluding carboxylic acids is 2. The number of amides is 2. The van der Waals surface area contributed by atoms with E-state index in [2.05, 4.69) is 30.6 Å². The molecule has 2 amide bonds. The summed E-state index contributed by atoms with van der Waals surface area (Å²) >= 11 is 0. The molecule has 0 saturated heterocycles. The van der Waals surface area contributed by atoms with Crippen LogP contribution in [0.25, 0.3) is 0 Å². The van der Waals surface area contributed by atoms with Crippen molar-refractivity contribution in [1.29, 1.82) is 0 Å². The zero-order chi connectivity index (χ0) is 13.3. The normalized spacial score (nSPS) is 10.7. The minimum atomic E-state index is -0.611. The van der Waals surface area contributed by atoms with Crippen LogP contribution in [-0.2, 0) is 9.59 Å². The van der Waals surface area contributed by atoms with Crippen molar-refractivity contribution in [2.24, 2.45) is 0 Å². The van der Waals surface area contributed by atoms with Crippen molar-refractivity contribution in [3.63, 3.8) is 0 Å². The molecule has 0 saturated carbocycles. The summed E-state index contributed by atoms with van der Waals surface area (Å²) in [7, 11) is 1.43. The zero-order valence-corrected chi connectivity index (χ0v) is 11.1. The highest BCUT2D eigenvalue weighted by atomic mass is 16.2. The first-order valence-corrected chi connectivity index (χ1v) is 5.76. The first-order chi connectivity index (χ1) is 7.97. The Morgan fingerprint density at radius 2 is 1.71 bits per heavy atom. The molecule has 4 heteroatoms. The molecule has 0 aromatic rings. The summed E-state index contributed by atoms with van der Waals surface area (Å²) in [6.07, 6.45) is 6.09. The number of rotatable bonds is 5. The number of allylic oxidation sites excluding steroid dienone is 3. The fraction of sp³-hybridized carbons (Fsp3) is 0.538. The van der Waals surface area contributed by atoms with Gasteiger partial charge in [-0.3, -0.25) is 9.59 Å². The molecule has 0 fully saturated rings. The SMILES string of the molecule is CNC(=O)C(=O)NC/C=C(/C)CCC=C(C)C. The molecule has 0 atom stereocenters. The Balaban J connectivity index is 3.88. The maximum atomic E-state index is 11.1. The first kappa shape index (κ1) is 15.4. The van der Waals surface area contributed by atoms with Crippen molar-refractivity contribution >= 4 is 11.8 Å². The zero-order valence-electron chi connectivity index (χ0n) is 11.1. The van der Waals surface area contributed by atoms with E-state index in [9.17, 15) is 9.59 Å². The van der Waals surface area contributed by atoms with E-state index in [1.165, 1.54) is 18.2 Å². The second-order valence-electron chi connectivity index (χ2n) is 4.16. The molecule has 0 rings (SSSR count). The van der Waals surface area contributed by atoms with Gasteiger partial charge in [0.1, 0.15) is 0 Å². The molecule has 0 heterocycles. The van der Waals surface area contributed by atoms with Gasteiger partial charge in [0.05, 0.1) is 0 Å². The highest BCUT2D eigenvalue weighted by Crippen LogP contribution is 2.05. The van der Waals surface area contributed by atoms with Crippen LogP contribution in [0.3, 0.4) is 0 Å². The largest absolute Gasteiger partial charge is 0.351 e. The Morgan fingerprint density at radius 1 is 1.06 bits per heavy atom. The standard InChI is InChI=1S/C13H22N2O2/c1-10(2)6-5-7-11(3)8-9-15-13(17)12(16)14-4/h6,8H,5,7,9H2,1-4H3,(H,14,16)(H,15,17)/b11-8-. The van der Waals surface area contributed by atoms with Gasteiger partial charge in [-0.1, -0.05) is 23.3 Å². The van der Waals surface area contributed by atoms with Crippen molar-refractivity contribution in [2.75, 3.05) is 13.6 Å². The van der Waals surface area contributed by atoms with Gasteiger partial charge < -0.3 is 10.6 Å². The van der Waals surface area contributed by atoms with E-state index in [1.54, 1.807) is 0 Å². The number of nitrogens with one attached hydrogen (secondary N) is 2. The van der Waals surface area contributed by atoms with Gasteiger partial charge in [0.25, 0.3) is 0 Å². The van der Waals surface area contributed by atoms with Crippen LogP contribution in [0.4, 0.5) is 0 Å². The average molecular weight is 238 g/mol. The number of carbonyl (C=O) groups is 2. The van der Waals surface area contributed by atoms with E-state index < -0.39 is 11.8 Å². The number of likely N-dealkylation sites (N-methyl/N-ethyl adjacent to an activating group) is 1. The van der Waals surface area contributed by atoms with Gasteiger partial charge in [0.15, 0.2) is 0 Å². The molecule has 0 aromatic heterocycles. The fourth-order valence-electron chi connectivity index (χ4n) is 1.20. The van der Waals surface area contributed by atoms with Crippen molar-refractivity contribution < 1.29 is 9.59 Å². The van der Waals surface area contributed by atoms with Crippen LogP contribution in [0.2, 0.25) is 0 Å². The van der Waals surface area contributed by atoms with E-state index in [0.717, 1.165) is 12.8 Å². The molecule has 0 aliphatic carbocycles. The van der Waals surface area contributed by atoms with Crippen LogP contribution >= 0.6 is 0 Å². The number of hydrogen-bond acceptors (Lipinski definition) is 2. The van der Waals surface area contributed by atoms with Crippen molar-refractivity contribution in [3.8, 4) is 0 Å². The van der Waals surface area contributed by atoms with Crippen LogP contribution < -0.4 is 10.6 Å². The van der Waals surface area contributed by atoms with Crippen molar-refractivity contribution in [3.05, 3.63) is 23.3 Å². The molecule has 0 aliphatic heterocycles. The molecule has 0 unspecified atom stereocenters. The van der Waals surface area contributed by atoms with E-state index >= 15 is 0 Å². The van der Waals surface area contributed by atoms with Gasteiger partial charge in [-0.05, 0) is 33.6 Å². The van der Waals surface area contributed by atoms with Gasteiger partial charge in [-0.15, -0.1) is 0 Å². The highest BCUT2D eigenvalue weighted by Gasteiger charge is 2.08. The summed E-state index contributed by atoms with van der Waals surface area (Å²) in [6, 6.07) is 0. The third-order valence-corrected chi connectivity index (χ3v) is 2.24. The lowest BCUT2D eigenvalue weighted by Gasteiger charge is -2.02. The highest BCUT2D eigenvalue weighted by molar-refractivity contribution is 6.35. The predicted molar refractivity (Wildman–Crippen MR) is 69.5 cm³/mol. The third kappa shape index (κ3) is 8.25. The molecule has 0 radical (unpaired) electrons. The Kier molecular flexibility index (Phi) is 7.76. The maximum Gasteiger partial charge on any atom is 0.309 e. The molecule has 96 valence electrons. The molecule has 2 N–H and O–H groups in total. The second kappa shape index (κ2) is 8.56. The van der Waals surface area contributed by atoms with Gasteiger partial charge in [0, 0.05) is 13.6 Å². The molecular weight excluding hydrogens is 216 g/mol. The molecule has 0 bridgehead atoms. The average Bonchev–Trinajstić information content (AvgIpc) is 2.27. The summed E-state index contributed by atoms with van der Waals surface area (Å²) in [5.41, 5.74) is 2.52. The minimum Gasteiger partial charge on any atom is -0.351 e. The molecule has 4 nitrogen and oxygen atoms in total. The van der Waals surface area contributed by atoms with Gasteiger partial charge in [0.2, 0.25) is 0 Å². The maximum absolute atomic E-state index is 11.1. The molecular formula is C13H22N2O2. The van der Waals surface area contributed by atoms with Crippen LogP contribution in [0.5, 0.6) is 0 Å². The predicted octanol–water partition coefficient (Wildman–Crippen LogP) is 1.54. The van der Waals surface area contributed by atoms with Crippen LogP contribution in [0.15, 0.2) is 23.3 Å². The van der Waals surface area contributed by atoms with E-state index in [1.807, 2.05) is 13.0 Å². The lowest BCUT2D eigenvalue weighted by molar-refractivity contribution is -0.138. The Bertz CT molecular complexity index is 326. The minimum absolute atomic E-state index is 0.396. The van der Waals surface area contributed by atoms with Gasteiger partial charge >= 0.3 is 11.8 Å². The van der Waals surface area contributed by atoms with Crippen molar-refractivity contribution in [1.82, 2.24) is 10.6 Å². The summed E-state index contributed by atoms with van der Waals surface area (Å²) in [5.74, 6) is -1.21. The molecule has 17 heavy (non-hydrogen) atoms. The smallest absolute Gasteiger partial charge is 0.309 e.